The molecule has 0 aliphatic carbocycles. The summed E-state index contributed by atoms with van der Waals surface area (Å²) in [6, 6.07) is 11.9. The molecule has 4 rings (SSSR count). The predicted molar refractivity (Wildman–Crippen MR) is 111 cm³/mol. The van der Waals surface area contributed by atoms with Crippen LogP contribution in [0.3, 0.4) is 0 Å². The lowest BCUT2D eigenvalue weighted by Gasteiger charge is -2.01. The van der Waals surface area contributed by atoms with Crippen LogP contribution in [0.5, 0.6) is 0 Å². The van der Waals surface area contributed by atoms with E-state index in [1.54, 1.807) is 35.5 Å². The van der Waals surface area contributed by atoms with Crippen LogP contribution < -0.4 is 5.32 Å². The van der Waals surface area contributed by atoms with Crippen LogP contribution in [0.4, 0.5) is 10.8 Å². The largest absolute Gasteiger partial charge is 0.339 e. The van der Waals surface area contributed by atoms with Gasteiger partial charge in [-0.1, -0.05) is 40.4 Å². The number of hydrogen-bond acceptors (Lipinski definition) is 9. The summed E-state index contributed by atoms with van der Waals surface area (Å²) in [5.74, 6) is 2.15. The number of hydrogen-bond donors (Lipinski definition) is 1. The van der Waals surface area contributed by atoms with E-state index >= 15 is 0 Å². The summed E-state index contributed by atoms with van der Waals surface area (Å²) in [7, 11) is 0. The van der Waals surface area contributed by atoms with E-state index in [4.69, 9.17) is 4.52 Å². The highest BCUT2D eigenvalue weighted by Crippen LogP contribution is 2.28. The first-order valence-corrected chi connectivity index (χ1v) is 10.6. The maximum absolute atomic E-state index is 5.33. The van der Waals surface area contributed by atoms with Gasteiger partial charge in [0.25, 0.3) is 0 Å². The highest BCUT2D eigenvalue weighted by atomic mass is 32.2. The highest BCUT2D eigenvalue weighted by Gasteiger charge is 2.09. The number of benzene rings is 1. The normalized spacial score (nSPS) is 10.9. The lowest BCUT2D eigenvalue weighted by Crippen LogP contribution is -1.89. The molecule has 0 spiro atoms. The molecule has 0 fully saturated rings. The fourth-order valence-corrected chi connectivity index (χ4v) is 4.30. The molecule has 0 saturated carbocycles. The van der Waals surface area contributed by atoms with Crippen molar-refractivity contribution in [3.63, 3.8) is 0 Å². The van der Waals surface area contributed by atoms with Gasteiger partial charge in [-0.3, -0.25) is 4.98 Å². The van der Waals surface area contributed by atoms with Gasteiger partial charge in [-0.25, -0.2) is 0 Å². The Labute approximate surface area is 170 Å². The maximum atomic E-state index is 5.33. The Bertz CT molecular complexity index is 1030. The Morgan fingerprint density at radius 2 is 2.04 bits per heavy atom. The molecule has 3 aromatic heterocycles. The molecule has 4 aromatic rings. The fourth-order valence-electron chi connectivity index (χ4n) is 2.52. The number of pyridine rings is 1. The van der Waals surface area contributed by atoms with Gasteiger partial charge in [0, 0.05) is 35.8 Å². The van der Waals surface area contributed by atoms with Crippen LogP contribution in [0.25, 0.3) is 11.4 Å². The van der Waals surface area contributed by atoms with Gasteiger partial charge >= 0.3 is 0 Å². The number of thioether (sulfide) groups is 1. The molecule has 0 saturated heterocycles. The molecular weight excluding hydrogens is 392 g/mol. The van der Waals surface area contributed by atoms with Crippen LogP contribution in [0.15, 0.2) is 57.7 Å². The van der Waals surface area contributed by atoms with Crippen molar-refractivity contribution in [3.05, 3.63) is 60.2 Å². The van der Waals surface area contributed by atoms with Crippen molar-refractivity contribution in [1.82, 2.24) is 25.3 Å². The van der Waals surface area contributed by atoms with Crippen LogP contribution in [-0.2, 0) is 6.42 Å². The molecule has 0 bridgehead atoms. The number of aryl methyl sites for hydroxylation is 2. The first kappa shape index (κ1) is 18.6. The molecule has 0 aliphatic rings. The van der Waals surface area contributed by atoms with E-state index in [9.17, 15) is 0 Å². The second kappa shape index (κ2) is 8.94. The third-order valence-electron chi connectivity index (χ3n) is 3.84. The number of nitrogens with one attached hydrogen (secondary N) is 1. The summed E-state index contributed by atoms with van der Waals surface area (Å²) in [4.78, 5) is 8.43. The van der Waals surface area contributed by atoms with Crippen molar-refractivity contribution in [1.29, 1.82) is 0 Å². The lowest BCUT2D eigenvalue weighted by atomic mass is 10.2. The second-order valence-electron chi connectivity index (χ2n) is 6.07. The van der Waals surface area contributed by atoms with E-state index in [-0.39, 0.29) is 0 Å². The SMILES string of the molecule is Cc1cccc(Nc2nnc(SCCCc3nc(-c4ccncc4)no3)s2)c1. The summed E-state index contributed by atoms with van der Waals surface area (Å²) in [5.41, 5.74) is 3.13. The van der Waals surface area contributed by atoms with Gasteiger partial charge in [-0.15, -0.1) is 10.2 Å². The zero-order valence-electron chi connectivity index (χ0n) is 15.2. The van der Waals surface area contributed by atoms with Crippen LogP contribution in [0.1, 0.15) is 17.9 Å². The smallest absolute Gasteiger partial charge is 0.226 e. The molecule has 7 nitrogen and oxygen atoms in total. The highest BCUT2D eigenvalue weighted by molar-refractivity contribution is 8.01. The molecule has 0 aliphatic heterocycles. The number of aromatic nitrogens is 5. The van der Waals surface area contributed by atoms with Gasteiger partial charge in [-0.05, 0) is 43.2 Å². The third kappa shape index (κ3) is 4.93. The molecule has 0 amide bonds. The first-order valence-electron chi connectivity index (χ1n) is 8.79. The predicted octanol–water partition coefficient (Wildman–Crippen LogP) is 4.76. The summed E-state index contributed by atoms with van der Waals surface area (Å²) in [5, 5.41) is 16.6. The Balaban J connectivity index is 1.24. The van der Waals surface area contributed by atoms with Crippen LogP contribution in [-0.4, -0.2) is 31.1 Å². The van der Waals surface area contributed by atoms with E-state index in [1.807, 2.05) is 24.3 Å². The molecule has 0 radical (unpaired) electrons. The topological polar surface area (TPSA) is 89.6 Å². The number of nitrogens with zero attached hydrogens (tertiary/aromatic N) is 5. The Morgan fingerprint density at radius 3 is 2.89 bits per heavy atom. The van der Waals surface area contributed by atoms with Crippen molar-refractivity contribution < 1.29 is 4.52 Å². The molecule has 0 unspecified atom stereocenters. The molecule has 142 valence electrons. The summed E-state index contributed by atoms with van der Waals surface area (Å²) < 4.78 is 6.27. The number of anilines is 2. The van der Waals surface area contributed by atoms with E-state index in [2.05, 4.69) is 49.7 Å². The van der Waals surface area contributed by atoms with Crippen molar-refractivity contribution >= 4 is 33.9 Å². The summed E-state index contributed by atoms with van der Waals surface area (Å²) in [6.07, 6.45) is 5.08. The molecule has 1 N–H and O–H groups in total. The van der Waals surface area contributed by atoms with Gasteiger partial charge in [0.1, 0.15) is 0 Å². The minimum absolute atomic E-state index is 0.598. The van der Waals surface area contributed by atoms with Gasteiger partial charge in [-0.2, -0.15) is 4.98 Å². The molecule has 28 heavy (non-hydrogen) atoms. The molecule has 9 heteroatoms. The second-order valence-corrected chi connectivity index (χ2v) is 8.39. The minimum atomic E-state index is 0.598. The van der Waals surface area contributed by atoms with Crippen LogP contribution in [0.2, 0.25) is 0 Å². The molecule has 3 heterocycles. The standard InChI is InChI=1S/C19H18N6OS2/c1-13-4-2-5-15(12-13)21-18-23-24-19(28-18)27-11-3-6-16-22-17(25-26-16)14-7-9-20-10-8-14/h2,4-5,7-10,12H,3,6,11H2,1H3,(H,21,23). The van der Waals surface area contributed by atoms with Crippen molar-refractivity contribution in [2.75, 3.05) is 11.1 Å². The van der Waals surface area contributed by atoms with Gasteiger partial charge in [0.2, 0.25) is 16.8 Å². The van der Waals surface area contributed by atoms with Crippen molar-refractivity contribution in [3.8, 4) is 11.4 Å². The monoisotopic (exact) mass is 410 g/mol. The van der Waals surface area contributed by atoms with E-state index in [0.717, 1.165) is 39.3 Å². The third-order valence-corrected chi connectivity index (χ3v) is 5.90. The summed E-state index contributed by atoms with van der Waals surface area (Å²) >= 11 is 3.24. The maximum Gasteiger partial charge on any atom is 0.226 e. The lowest BCUT2D eigenvalue weighted by molar-refractivity contribution is 0.378. The van der Waals surface area contributed by atoms with E-state index in [1.165, 1.54) is 5.56 Å². The van der Waals surface area contributed by atoms with Crippen LogP contribution in [0, 0.1) is 6.92 Å². The number of rotatable bonds is 8. The minimum Gasteiger partial charge on any atom is -0.339 e. The molecular formula is C19H18N6OS2. The fraction of sp³-hybridized carbons (Fsp3) is 0.211. The first-order chi connectivity index (χ1) is 13.8. The van der Waals surface area contributed by atoms with Gasteiger partial charge in [0.05, 0.1) is 0 Å². The van der Waals surface area contributed by atoms with Crippen molar-refractivity contribution in [2.24, 2.45) is 0 Å². The Hall–Kier alpha value is -2.78. The zero-order valence-corrected chi connectivity index (χ0v) is 16.8. The van der Waals surface area contributed by atoms with E-state index < -0.39 is 0 Å². The van der Waals surface area contributed by atoms with Gasteiger partial charge < -0.3 is 9.84 Å². The molecule has 1 aromatic carbocycles. The van der Waals surface area contributed by atoms with Crippen LogP contribution >= 0.6 is 23.1 Å². The average Bonchev–Trinajstić information content (AvgIpc) is 3.36. The summed E-state index contributed by atoms with van der Waals surface area (Å²) in [6.45, 7) is 2.07. The van der Waals surface area contributed by atoms with Gasteiger partial charge in [0.15, 0.2) is 4.34 Å². The molecule has 0 atom stereocenters. The van der Waals surface area contributed by atoms with E-state index in [0.29, 0.717) is 11.7 Å². The average molecular weight is 411 g/mol. The zero-order chi connectivity index (χ0) is 19.2. The Morgan fingerprint density at radius 1 is 1.14 bits per heavy atom. The quantitative estimate of drug-likeness (QED) is 0.328. The van der Waals surface area contributed by atoms with Crippen molar-refractivity contribution in [2.45, 2.75) is 24.1 Å². The Kier molecular flexibility index (Phi) is 5.93.